The first-order valence-electron chi connectivity index (χ1n) is 7.07. The molecule has 0 amide bonds. The first-order chi connectivity index (χ1) is 9.06. The van der Waals surface area contributed by atoms with Gasteiger partial charge in [0.1, 0.15) is 0 Å². The van der Waals surface area contributed by atoms with Gasteiger partial charge < -0.3 is 24.9 Å². The van der Waals surface area contributed by atoms with E-state index in [0.29, 0.717) is 0 Å². The van der Waals surface area contributed by atoms with Crippen molar-refractivity contribution in [3.8, 4) is 0 Å². The third-order valence-corrected chi connectivity index (χ3v) is 2.77. The summed E-state index contributed by atoms with van der Waals surface area (Å²) in [5.74, 6) is 0.738. The zero-order valence-corrected chi connectivity index (χ0v) is 11.8. The lowest BCUT2D eigenvalue weighted by Gasteiger charge is -2.11. The lowest BCUT2D eigenvalue weighted by Crippen LogP contribution is -2.16. The lowest BCUT2D eigenvalue weighted by molar-refractivity contribution is 0.110. The van der Waals surface area contributed by atoms with E-state index in [0.717, 1.165) is 25.0 Å². The molecule has 19 heavy (non-hydrogen) atoms. The van der Waals surface area contributed by atoms with Crippen LogP contribution in [0, 0.1) is 0 Å². The van der Waals surface area contributed by atoms with Crippen LogP contribution in [-0.4, -0.2) is 40.3 Å². The Hall–Kier alpha value is -0.555. The van der Waals surface area contributed by atoms with Crippen molar-refractivity contribution in [3.05, 3.63) is 11.8 Å². The number of allylic oxidation sites excluding steroid dienone is 2. The Balaban J connectivity index is 0.000000555. The summed E-state index contributed by atoms with van der Waals surface area (Å²) in [6, 6.07) is 0. The summed E-state index contributed by atoms with van der Waals surface area (Å²) in [5.41, 5.74) is 0. The van der Waals surface area contributed by atoms with Crippen molar-refractivity contribution in [2.45, 2.75) is 64.4 Å². The molecule has 0 heterocycles. The molecule has 1 aliphatic carbocycles. The fourth-order valence-electron chi connectivity index (χ4n) is 1.76. The minimum absolute atomic E-state index is 0.139. The summed E-state index contributed by atoms with van der Waals surface area (Å²) < 4.78 is 4.90. The molecule has 0 fully saturated rings. The van der Waals surface area contributed by atoms with Crippen molar-refractivity contribution in [1.82, 2.24) is 0 Å². The van der Waals surface area contributed by atoms with E-state index in [2.05, 4.69) is 0 Å². The Morgan fingerprint density at radius 3 is 2.21 bits per heavy atom. The summed E-state index contributed by atoms with van der Waals surface area (Å²) >= 11 is 0. The van der Waals surface area contributed by atoms with Crippen LogP contribution < -0.4 is 0 Å². The summed E-state index contributed by atoms with van der Waals surface area (Å²) in [6.45, 7) is 1.39. The minimum Gasteiger partial charge on any atom is -0.516 e. The van der Waals surface area contributed by atoms with Crippen LogP contribution in [0.4, 0.5) is 0 Å². The van der Waals surface area contributed by atoms with Crippen molar-refractivity contribution in [2.75, 3.05) is 6.61 Å². The SMILES string of the molecule is CC(O)CO.OB(O)OC1=CCCCCCCCC1. The van der Waals surface area contributed by atoms with Crippen LogP contribution >= 0.6 is 0 Å². The highest BCUT2D eigenvalue weighted by Crippen LogP contribution is 2.17. The fourth-order valence-corrected chi connectivity index (χ4v) is 1.76. The van der Waals surface area contributed by atoms with Crippen molar-refractivity contribution < 1.29 is 24.9 Å². The molecule has 1 atom stereocenters. The first kappa shape index (κ1) is 18.4. The van der Waals surface area contributed by atoms with Crippen LogP contribution in [-0.2, 0) is 4.65 Å². The molecule has 112 valence electrons. The van der Waals surface area contributed by atoms with E-state index >= 15 is 0 Å². The van der Waals surface area contributed by atoms with E-state index in [-0.39, 0.29) is 6.61 Å². The standard InChI is InChI=1S/C10H19BO3.C3H8O2/c12-11(13)14-10-8-6-4-2-1-3-5-7-9-10;1-3(5)2-4/h8,12-13H,1-7,9H2;3-5H,2H2,1H3. The lowest BCUT2D eigenvalue weighted by atomic mass is 10.0. The van der Waals surface area contributed by atoms with Crippen LogP contribution in [0.25, 0.3) is 0 Å². The van der Waals surface area contributed by atoms with Crippen molar-refractivity contribution in [1.29, 1.82) is 0 Å². The Morgan fingerprint density at radius 2 is 1.68 bits per heavy atom. The number of aliphatic hydroxyl groups excluding tert-OH is 2. The Morgan fingerprint density at radius 1 is 1.16 bits per heavy atom. The van der Waals surface area contributed by atoms with Gasteiger partial charge in [-0.05, 0) is 32.3 Å². The molecule has 0 saturated carbocycles. The average molecular weight is 274 g/mol. The van der Waals surface area contributed by atoms with Gasteiger partial charge in [-0.2, -0.15) is 0 Å². The molecule has 1 aliphatic rings. The quantitative estimate of drug-likeness (QED) is 0.583. The number of hydrogen-bond donors (Lipinski definition) is 4. The Bertz CT molecular complexity index is 231. The van der Waals surface area contributed by atoms with Crippen LogP contribution in [0.1, 0.15) is 58.3 Å². The molecule has 0 radical (unpaired) electrons. The maximum absolute atomic E-state index is 8.69. The highest BCUT2D eigenvalue weighted by Gasteiger charge is 2.12. The first-order valence-corrected chi connectivity index (χ1v) is 7.07. The summed E-state index contributed by atoms with van der Waals surface area (Å²) in [7, 11) is -1.66. The molecule has 4 N–H and O–H groups in total. The summed E-state index contributed by atoms with van der Waals surface area (Å²) in [6.07, 6.45) is 10.6. The molecule has 0 aromatic rings. The minimum atomic E-state index is -1.66. The van der Waals surface area contributed by atoms with Gasteiger partial charge in [0.2, 0.25) is 0 Å². The van der Waals surface area contributed by atoms with E-state index in [4.69, 9.17) is 24.9 Å². The van der Waals surface area contributed by atoms with Crippen LogP contribution in [0.15, 0.2) is 11.8 Å². The molecule has 1 unspecified atom stereocenters. The largest absolute Gasteiger partial charge is 0.707 e. The zero-order chi connectivity index (χ0) is 14.5. The monoisotopic (exact) mass is 274 g/mol. The van der Waals surface area contributed by atoms with Gasteiger partial charge in [0, 0.05) is 6.42 Å². The number of aliphatic hydroxyl groups is 2. The van der Waals surface area contributed by atoms with E-state index in [1.54, 1.807) is 0 Å². The average Bonchev–Trinajstić information content (AvgIpc) is 2.37. The van der Waals surface area contributed by atoms with Gasteiger partial charge in [0.05, 0.1) is 18.5 Å². The fraction of sp³-hybridized carbons (Fsp3) is 0.846. The molecule has 0 aliphatic heterocycles. The molecule has 0 bridgehead atoms. The van der Waals surface area contributed by atoms with Gasteiger partial charge in [-0.1, -0.05) is 25.7 Å². The zero-order valence-electron chi connectivity index (χ0n) is 11.8. The van der Waals surface area contributed by atoms with E-state index in [1.807, 2.05) is 6.08 Å². The molecule has 1 rings (SSSR count). The van der Waals surface area contributed by atoms with Gasteiger partial charge in [-0.15, -0.1) is 0 Å². The molecule has 5 nitrogen and oxygen atoms in total. The predicted octanol–water partition coefficient (Wildman–Crippen LogP) is 1.35. The predicted molar refractivity (Wildman–Crippen MR) is 75.1 cm³/mol. The van der Waals surface area contributed by atoms with E-state index in [1.165, 1.54) is 39.0 Å². The molecule has 0 saturated heterocycles. The normalized spacial score (nSPS) is 18.5. The maximum atomic E-state index is 8.69. The molecule has 0 aromatic carbocycles. The Kier molecular flexibility index (Phi) is 12.1. The molecule has 6 heteroatoms. The summed E-state index contributed by atoms with van der Waals surface area (Å²) in [4.78, 5) is 0. The molecule has 0 spiro atoms. The van der Waals surface area contributed by atoms with Crippen LogP contribution in [0.2, 0.25) is 0 Å². The van der Waals surface area contributed by atoms with Crippen molar-refractivity contribution in [3.63, 3.8) is 0 Å². The van der Waals surface area contributed by atoms with Crippen molar-refractivity contribution >= 4 is 7.32 Å². The van der Waals surface area contributed by atoms with E-state index in [9.17, 15) is 0 Å². The van der Waals surface area contributed by atoms with Crippen molar-refractivity contribution in [2.24, 2.45) is 0 Å². The summed E-state index contributed by atoms with van der Waals surface area (Å²) in [5, 5.41) is 33.4. The third kappa shape index (κ3) is 13.7. The smallest absolute Gasteiger partial charge is 0.516 e. The number of hydrogen-bond acceptors (Lipinski definition) is 5. The molecular weight excluding hydrogens is 247 g/mol. The van der Waals surface area contributed by atoms with Crippen LogP contribution in [0.5, 0.6) is 0 Å². The van der Waals surface area contributed by atoms with E-state index < -0.39 is 13.4 Å². The Labute approximate surface area is 116 Å². The molecular formula is C13H27BO5. The second-order valence-electron chi connectivity index (χ2n) is 4.81. The second kappa shape index (κ2) is 12.5. The molecule has 0 aromatic heterocycles. The van der Waals surface area contributed by atoms with Gasteiger partial charge >= 0.3 is 7.32 Å². The highest BCUT2D eigenvalue weighted by molar-refractivity contribution is 6.33. The topological polar surface area (TPSA) is 90.2 Å². The maximum Gasteiger partial charge on any atom is 0.707 e. The van der Waals surface area contributed by atoms with Gasteiger partial charge in [0.15, 0.2) is 0 Å². The third-order valence-electron chi connectivity index (χ3n) is 2.77. The number of rotatable bonds is 3. The van der Waals surface area contributed by atoms with Gasteiger partial charge in [-0.25, -0.2) is 0 Å². The van der Waals surface area contributed by atoms with Gasteiger partial charge in [0.25, 0.3) is 0 Å². The van der Waals surface area contributed by atoms with Gasteiger partial charge in [-0.3, -0.25) is 0 Å². The second-order valence-corrected chi connectivity index (χ2v) is 4.81. The van der Waals surface area contributed by atoms with Crippen LogP contribution in [0.3, 0.4) is 0 Å². The highest BCUT2D eigenvalue weighted by atomic mass is 16.6.